The SMILES string of the molecule is CC(C)(O)COc1nc(N2CCC(C(F)(F)F)CC2)c2nc(-c3ccccc3Cl)n(-c3ccc(Cl)cc3)c2n1. The van der Waals surface area contributed by atoms with Gasteiger partial charge in [0.15, 0.2) is 17.0 Å². The van der Waals surface area contributed by atoms with E-state index in [0.717, 1.165) is 0 Å². The molecule has 0 spiro atoms. The molecule has 3 heterocycles. The third-order valence-corrected chi connectivity index (χ3v) is 7.06. The molecule has 0 amide bonds. The molecule has 0 radical (unpaired) electrons. The molecule has 2 aromatic heterocycles. The van der Waals surface area contributed by atoms with Crippen LogP contribution in [-0.2, 0) is 0 Å². The Morgan fingerprint density at radius 3 is 2.26 bits per heavy atom. The van der Waals surface area contributed by atoms with E-state index in [4.69, 9.17) is 32.9 Å². The number of alkyl halides is 3. The van der Waals surface area contributed by atoms with E-state index >= 15 is 0 Å². The van der Waals surface area contributed by atoms with Crippen LogP contribution in [0.3, 0.4) is 0 Å². The number of imidazole rings is 1. The fourth-order valence-electron chi connectivity index (χ4n) is 4.53. The predicted octanol–water partition coefficient (Wildman–Crippen LogP) is 6.72. The molecule has 1 saturated heterocycles. The third kappa shape index (κ3) is 5.92. The van der Waals surface area contributed by atoms with Crippen molar-refractivity contribution in [1.29, 1.82) is 0 Å². The number of benzene rings is 2. The van der Waals surface area contributed by atoms with Gasteiger partial charge >= 0.3 is 12.2 Å². The summed E-state index contributed by atoms with van der Waals surface area (Å²) >= 11 is 12.7. The molecule has 1 aliphatic rings. The molecule has 39 heavy (non-hydrogen) atoms. The molecule has 0 bridgehead atoms. The Hall–Kier alpha value is -3.08. The minimum atomic E-state index is -4.25. The normalized spacial score (nSPS) is 15.2. The molecule has 4 aromatic rings. The average Bonchev–Trinajstić information content (AvgIpc) is 3.26. The van der Waals surface area contributed by atoms with Gasteiger partial charge in [0, 0.05) is 29.4 Å². The summed E-state index contributed by atoms with van der Waals surface area (Å²) in [4.78, 5) is 15.9. The number of anilines is 1. The molecule has 0 atom stereocenters. The maximum absolute atomic E-state index is 13.4. The van der Waals surface area contributed by atoms with Gasteiger partial charge in [-0.15, -0.1) is 0 Å². The number of aliphatic hydroxyl groups is 1. The first-order chi connectivity index (χ1) is 18.4. The van der Waals surface area contributed by atoms with E-state index in [1.165, 1.54) is 0 Å². The number of piperidine rings is 1. The van der Waals surface area contributed by atoms with Crippen LogP contribution >= 0.6 is 23.2 Å². The Bertz CT molecular complexity index is 1480. The molecule has 12 heteroatoms. The van der Waals surface area contributed by atoms with E-state index in [2.05, 4.69) is 9.97 Å². The monoisotopic (exact) mass is 579 g/mol. The number of nitrogens with zero attached hydrogens (tertiary/aromatic N) is 5. The van der Waals surface area contributed by atoms with Crippen LogP contribution in [0.5, 0.6) is 6.01 Å². The highest BCUT2D eigenvalue weighted by atomic mass is 35.5. The van der Waals surface area contributed by atoms with Gasteiger partial charge in [-0.05, 0) is 63.1 Å². The van der Waals surface area contributed by atoms with Crippen LogP contribution < -0.4 is 9.64 Å². The highest BCUT2D eigenvalue weighted by molar-refractivity contribution is 6.33. The van der Waals surface area contributed by atoms with Crippen LogP contribution in [0.2, 0.25) is 10.0 Å². The Balaban J connectivity index is 1.71. The van der Waals surface area contributed by atoms with E-state index in [9.17, 15) is 18.3 Å². The average molecular weight is 580 g/mol. The smallest absolute Gasteiger partial charge is 0.391 e. The molecule has 0 saturated carbocycles. The van der Waals surface area contributed by atoms with Gasteiger partial charge in [0.25, 0.3) is 0 Å². The lowest BCUT2D eigenvalue weighted by Crippen LogP contribution is -2.39. The maximum atomic E-state index is 13.4. The van der Waals surface area contributed by atoms with Gasteiger partial charge in [0.2, 0.25) is 0 Å². The van der Waals surface area contributed by atoms with Crippen LogP contribution in [0.15, 0.2) is 48.5 Å². The van der Waals surface area contributed by atoms with Crippen LogP contribution in [-0.4, -0.2) is 56.1 Å². The van der Waals surface area contributed by atoms with E-state index < -0.39 is 17.7 Å². The predicted molar refractivity (Wildman–Crippen MR) is 145 cm³/mol. The molecule has 1 N–H and O–H groups in total. The van der Waals surface area contributed by atoms with Crippen molar-refractivity contribution in [3.63, 3.8) is 0 Å². The van der Waals surface area contributed by atoms with E-state index in [-0.39, 0.29) is 38.5 Å². The number of hydrogen-bond donors (Lipinski definition) is 1. The van der Waals surface area contributed by atoms with Crippen molar-refractivity contribution >= 4 is 40.2 Å². The molecule has 206 valence electrons. The summed E-state index contributed by atoms with van der Waals surface area (Å²) in [5.41, 5.74) is 0.920. The maximum Gasteiger partial charge on any atom is 0.391 e. The van der Waals surface area contributed by atoms with E-state index in [0.29, 0.717) is 44.1 Å². The van der Waals surface area contributed by atoms with Crippen LogP contribution in [0.4, 0.5) is 19.0 Å². The van der Waals surface area contributed by atoms with Gasteiger partial charge < -0.3 is 14.7 Å². The second kappa shape index (κ2) is 10.5. The van der Waals surface area contributed by atoms with Gasteiger partial charge in [-0.3, -0.25) is 4.57 Å². The Kier molecular flexibility index (Phi) is 7.39. The first-order valence-electron chi connectivity index (χ1n) is 12.4. The second-order valence-electron chi connectivity index (χ2n) is 10.1. The van der Waals surface area contributed by atoms with Crippen molar-refractivity contribution in [2.45, 2.75) is 38.5 Å². The van der Waals surface area contributed by atoms with Gasteiger partial charge in [0.1, 0.15) is 12.4 Å². The van der Waals surface area contributed by atoms with Gasteiger partial charge in [-0.2, -0.15) is 23.1 Å². The minimum Gasteiger partial charge on any atom is -0.460 e. The summed E-state index contributed by atoms with van der Waals surface area (Å²) in [6.07, 6.45) is -4.38. The van der Waals surface area contributed by atoms with Crippen molar-refractivity contribution in [2.75, 3.05) is 24.6 Å². The summed E-state index contributed by atoms with van der Waals surface area (Å²) in [6.45, 7) is 3.34. The quantitative estimate of drug-likeness (QED) is 0.273. The standard InChI is InChI=1S/C27H26Cl2F3N5O2/c1-26(2,38)15-39-25-34-23(36-13-11-16(12-14-36)27(30,31)32)21-24(35-25)37(18-9-7-17(28)8-10-18)22(33-21)19-5-3-4-6-20(19)29/h3-10,16,38H,11-15H2,1-2H3. The highest BCUT2D eigenvalue weighted by Gasteiger charge is 2.41. The number of fused-ring (bicyclic) bond motifs is 1. The molecule has 1 fully saturated rings. The lowest BCUT2D eigenvalue weighted by Gasteiger charge is -2.33. The number of ether oxygens (including phenoxy) is 1. The lowest BCUT2D eigenvalue weighted by atomic mass is 9.96. The van der Waals surface area contributed by atoms with Crippen LogP contribution in [0, 0.1) is 5.92 Å². The first kappa shape index (κ1) is 27.5. The Labute approximate surface area is 233 Å². The third-order valence-electron chi connectivity index (χ3n) is 6.48. The number of halogens is 5. The van der Waals surface area contributed by atoms with Crippen molar-refractivity contribution in [3.8, 4) is 23.1 Å². The fraction of sp³-hybridized carbons (Fsp3) is 0.370. The van der Waals surface area contributed by atoms with Crippen molar-refractivity contribution < 1.29 is 23.0 Å². The minimum absolute atomic E-state index is 0.0293. The zero-order chi connectivity index (χ0) is 27.9. The Morgan fingerprint density at radius 2 is 1.64 bits per heavy atom. The molecule has 2 aromatic carbocycles. The molecule has 0 unspecified atom stereocenters. The number of aromatic nitrogens is 4. The first-order valence-corrected chi connectivity index (χ1v) is 13.1. The molecule has 1 aliphatic heterocycles. The van der Waals surface area contributed by atoms with Crippen molar-refractivity contribution in [3.05, 3.63) is 58.6 Å². The topological polar surface area (TPSA) is 76.3 Å². The molecule has 7 nitrogen and oxygen atoms in total. The van der Waals surface area contributed by atoms with Crippen LogP contribution in [0.1, 0.15) is 26.7 Å². The summed E-state index contributed by atoms with van der Waals surface area (Å²) in [7, 11) is 0. The van der Waals surface area contributed by atoms with Gasteiger partial charge in [-0.25, -0.2) is 4.98 Å². The second-order valence-corrected chi connectivity index (χ2v) is 11.0. The Morgan fingerprint density at radius 1 is 0.974 bits per heavy atom. The highest BCUT2D eigenvalue weighted by Crippen LogP contribution is 2.39. The van der Waals surface area contributed by atoms with Gasteiger partial charge in [-0.1, -0.05) is 35.3 Å². The largest absolute Gasteiger partial charge is 0.460 e. The fourth-order valence-corrected chi connectivity index (χ4v) is 4.87. The summed E-state index contributed by atoms with van der Waals surface area (Å²) in [6, 6.07) is 14.2. The molecular weight excluding hydrogens is 554 g/mol. The van der Waals surface area contributed by atoms with E-state index in [1.807, 2.05) is 12.1 Å². The van der Waals surface area contributed by atoms with Crippen molar-refractivity contribution in [2.24, 2.45) is 5.92 Å². The summed E-state index contributed by atoms with van der Waals surface area (Å²) < 4.78 is 47.7. The summed E-state index contributed by atoms with van der Waals surface area (Å²) in [5.74, 6) is -0.548. The van der Waals surface area contributed by atoms with E-state index in [1.54, 1.807) is 59.7 Å². The van der Waals surface area contributed by atoms with Crippen molar-refractivity contribution in [1.82, 2.24) is 19.5 Å². The van der Waals surface area contributed by atoms with Crippen LogP contribution in [0.25, 0.3) is 28.2 Å². The molecule has 0 aliphatic carbocycles. The lowest BCUT2D eigenvalue weighted by molar-refractivity contribution is -0.179. The zero-order valence-corrected chi connectivity index (χ0v) is 22.7. The zero-order valence-electron chi connectivity index (χ0n) is 21.2. The number of hydrogen-bond acceptors (Lipinski definition) is 6. The molecule has 5 rings (SSSR count). The summed E-state index contributed by atoms with van der Waals surface area (Å²) in [5, 5.41) is 11.2. The molecular formula is C27H26Cl2F3N5O2. The van der Waals surface area contributed by atoms with Gasteiger partial charge in [0.05, 0.1) is 16.5 Å². The number of rotatable bonds is 6.